The molecule has 0 spiro atoms. The second-order valence-corrected chi connectivity index (χ2v) is 7.37. The Balaban J connectivity index is 2.50. The maximum atomic E-state index is 13.0. The van der Waals surface area contributed by atoms with Crippen LogP contribution < -0.4 is 14.4 Å². The van der Waals surface area contributed by atoms with Crippen molar-refractivity contribution in [1.29, 1.82) is 0 Å². The molecule has 0 aromatic heterocycles. The van der Waals surface area contributed by atoms with E-state index in [1.807, 2.05) is 0 Å². The van der Waals surface area contributed by atoms with Gasteiger partial charge in [-0.15, -0.1) is 0 Å². The van der Waals surface area contributed by atoms with Crippen LogP contribution in [-0.4, -0.2) is 34.5 Å². The van der Waals surface area contributed by atoms with Crippen LogP contribution in [0.25, 0.3) is 0 Å². The van der Waals surface area contributed by atoms with Crippen LogP contribution in [0.15, 0.2) is 53.4 Å². The predicted molar refractivity (Wildman–Crippen MR) is 97.7 cm³/mol. The number of anilines is 1. The van der Waals surface area contributed by atoms with E-state index in [9.17, 15) is 13.2 Å². The Morgan fingerprint density at radius 2 is 1.88 bits per heavy atom. The number of carbonyl (C=O) groups is 1. The maximum absolute atomic E-state index is 13.0. The van der Waals surface area contributed by atoms with Gasteiger partial charge >= 0.3 is 0 Å². The number of likely N-dealkylation sites (N-methyl/N-ethyl adjacent to an activating group) is 1. The molecule has 2 rings (SSSR count). The van der Waals surface area contributed by atoms with Gasteiger partial charge in [0.1, 0.15) is 12.3 Å². The van der Waals surface area contributed by atoms with Crippen LogP contribution in [0.5, 0.6) is 5.75 Å². The molecule has 0 aliphatic carbocycles. The van der Waals surface area contributed by atoms with Crippen LogP contribution in [0.3, 0.4) is 0 Å². The lowest BCUT2D eigenvalue weighted by Crippen LogP contribution is -2.40. The number of amides is 1. The van der Waals surface area contributed by atoms with Crippen molar-refractivity contribution in [2.45, 2.75) is 11.8 Å². The number of hydrogen-bond acceptors (Lipinski definition) is 4. The lowest BCUT2D eigenvalue weighted by molar-refractivity contribution is -0.119. The van der Waals surface area contributed by atoms with Crippen LogP contribution in [0.1, 0.15) is 6.92 Å². The number of ether oxygens (including phenoxy) is 1. The van der Waals surface area contributed by atoms with Crippen molar-refractivity contribution in [3.05, 3.63) is 53.6 Å². The standard InChI is InChI=1S/C17H19ClN2O4S/c1-3-19-17(21)12-20(13-9-10-16(24-2)15(18)11-13)25(22,23)14-7-5-4-6-8-14/h4-11H,3,12H2,1-2H3,(H,19,21). The van der Waals surface area contributed by atoms with E-state index in [2.05, 4.69) is 5.32 Å². The summed E-state index contributed by atoms with van der Waals surface area (Å²) in [4.78, 5) is 12.1. The molecule has 1 N–H and O–H groups in total. The summed E-state index contributed by atoms with van der Waals surface area (Å²) in [5.41, 5.74) is 0.279. The first-order valence-electron chi connectivity index (χ1n) is 7.58. The minimum atomic E-state index is -3.93. The maximum Gasteiger partial charge on any atom is 0.264 e. The number of nitrogens with zero attached hydrogens (tertiary/aromatic N) is 1. The largest absolute Gasteiger partial charge is 0.495 e. The summed E-state index contributed by atoms with van der Waals surface area (Å²) in [6, 6.07) is 12.5. The summed E-state index contributed by atoms with van der Waals surface area (Å²) in [7, 11) is -2.46. The van der Waals surface area contributed by atoms with Gasteiger partial charge in [-0.25, -0.2) is 8.42 Å². The zero-order chi connectivity index (χ0) is 18.4. The first-order chi connectivity index (χ1) is 11.9. The zero-order valence-electron chi connectivity index (χ0n) is 13.9. The van der Waals surface area contributed by atoms with Gasteiger partial charge in [-0.05, 0) is 37.3 Å². The molecule has 8 heteroatoms. The lowest BCUT2D eigenvalue weighted by atomic mass is 10.3. The van der Waals surface area contributed by atoms with Crippen LogP contribution in [0.2, 0.25) is 5.02 Å². The van der Waals surface area contributed by atoms with Gasteiger partial charge in [-0.3, -0.25) is 9.10 Å². The normalized spacial score (nSPS) is 11.0. The molecule has 0 saturated heterocycles. The van der Waals surface area contributed by atoms with E-state index in [0.717, 1.165) is 4.31 Å². The molecule has 0 aliphatic rings. The number of carbonyl (C=O) groups excluding carboxylic acids is 1. The van der Waals surface area contributed by atoms with Gasteiger partial charge < -0.3 is 10.1 Å². The van der Waals surface area contributed by atoms with Gasteiger partial charge in [0.2, 0.25) is 5.91 Å². The fourth-order valence-electron chi connectivity index (χ4n) is 2.23. The second kappa shape index (κ2) is 8.22. The third-order valence-corrected chi connectivity index (χ3v) is 5.50. The quantitative estimate of drug-likeness (QED) is 0.798. The zero-order valence-corrected chi connectivity index (χ0v) is 15.5. The molecule has 134 valence electrons. The number of halogens is 1. The number of sulfonamides is 1. The van der Waals surface area contributed by atoms with E-state index in [1.54, 1.807) is 37.3 Å². The molecule has 0 saturated carbocycles. The molecule has 6 nitrogen and oxygen atoms in total. The Hall–Kier alpha value is -2.25. The number of hydrogen-bond donors (Lipinski definition) is 1. The Kier molecular flexibility index (Phi) is 6.27. The first kappa shape index (κ1) is 19.1. The van der Waals surface area contributed by atoms with Crippen molar-refractivity contribution in [2.75, 3.05) is 24.5 Å². The van der Waals surface area contributed by atoms with Gasteiger partial charge in [0.05, 0.1) is 22.7 Å². The number of rotatable bonds is 7. The van der Waals surface area contributed by atoms with Crippen molar-refractivity contribution in [1.82, 2.24) is 5.32 Å². The van der Waals surface area contributed by atoms with E-state index in [-0.39, 0.29) is 22.2 Å². The number of benzene rings is 2. The van der Waals surface area contributed by atoms with E-state index >= 15 is 0 Å². The molecule has 2 aromatic rings. The molecule has 0 atom stereocenters. The summed E-state index contributed by atoms with van der Waals surface area (Å²) in [5.74, 6) is 0.00873. The SMILES string of the molecule is CCNC(=O)CN(c1ccc(OC)c(Cl)c1)S(=O)(=O)c1ccccc1. The smallest absolute Gasteiger partial charge is 0.264 e. The average molecular weight is 383 g/mol. The summed E-state index contributed by atoms with van der Waals surface area (Å²) >= 11 is 6.12. The first-order valence-corrected chi connectivity index (χ1v) is 9.40. The molecule has 0 aliphatic heterocycles. The Morgan fingerprint density at radius 3 is 2.44 bits per heavy atom. The van der Waals surface area contributed by atoms with E-state index in [0.29, 0.717) is 12.3 Å². The molecule has 0 radical (unpaired) electrons. The minimum absolute atomic E-state index is 0.0891. The van der Waals surface area contributed by atoms with Crippen LogP contribution in [0.4, 0.5) is 5.69 Å². The minimum Gasteiger partial charge on any atom is -0.495 e. The highest BCUT2D eigenvalue weighted by atomic mass is 35.5. The highest BCUT2D eigenvalue weighted by Gasteiger charge is 2.27. The molecule has 0 unspecified atom stereocenters. The summed E-state index contributed by atoms with van der Waals surface area (Å²) < 4.78 is 32.1. The third-order valence-electron chi connectivity index (χ3n) is 3.42. The summed E-state index contributed by atoms with van der Waals surface area (Å²) in [5, 5.41) is 2.86. The molecule has 0 fully saturated rings. The van der Waals surface area contributed by atoms with Gasteiger partial charge in [0.25, 0.3) is 10.0 Å². The number of nitrogens with one attached hydrogen (secondary N) is 1. The van der Waals surface area contributed by atoms with Crippen molar-refractivity contribution in [3.63, 3.8) is 0 Å². The molecule has 25 heavy (non-hydrogen) atoms. The van der Waals surface area contributed by atoms with Gasteiger partial charge in [-0.2, -0.15) is 0 Å². The lowest BCUT2D eigenvalue weighted by Gasteiger charge is -2.24. The fraction of sp³-hybridized carbons (Fsp3) is 0.235. The third kappa shape index (κ3) is 4.43. The Morgan fingerprint density at radius 1 is 1.20 bits per heavy atom. The van der Waals surface area contributed by atoms with Crippen molar-refractivity contribution >= 4 is 33.2 Å². The average Bonchev–Trinajstić information content (AvgIpc) is 2.60. The topological polar surface area (TPSA) is 75.7 Å². The highest BCUT2D eigenvalue weighted by molar-refractivity contribution is 7.92. The van der Waals surface area contributed by atoms with Gasteiger partial charge in [-0.1, -0.05) is 29.8 Å². The monoisotopic (exact) mass is 382 g/mol. The summed E-state index contributed by atoms with van der Waals surface area (Å²) in [6.07, 6.45) is 0. The Bertz CT molecular complexity index is 841. The molecule has 0 bridgehead atoms. The van der Waals surface area contributed by atoms with Gasteiger partial charge in [0, 0.05) is 6.54 Å². The Labute approximate surface area is 152 Å². The highest BCUT2D eigenvalue weighted by Crippen LogP contribution is 2.31. The second-order valence-electron chi connectivity index (χ2n) is 5.10. The fourth-order valence-corrected chi connectivity index (χ4v) is 3.91. The molecular formula is C17H19ClN2O4S. The summed E-state index contributed by atoms with van der Waals surface area (Å²) in [6.45, 7) is 1.81. The van der Waals surface area contributed by atoms with Crippen LogP contribution in [0, 0.1) is 0 Å². The van der Waals surface area contributed by atoms with Crippen LogP contribution in [-0.2, 0) is 14.8 Å². The van der Waals surface area contributed by atoms with Crippen molar-refractivity contribution in [2.24, 2.45) is 0 Å². The van der Waals surface area contributed by atoms with E-state index in [1.165, 1.54) is 25.3 Å². The van der Waals surface area contributed by atoms with E-state index < -0.39 is 15.9 Å². The van der Waals surface area contributed by atoms with Crippen LogP contribution >= 0.6 is 11.6 Å². The molecular weight excluding hydrogens is 364 g/mol. The molecule has 2 aromatic carbocycles. The van der Waals surface area contributed by atoms with E-state index in [4.69, 9.17) is 16.3 Å². The molecule has 0 heterocycles. The predicted octanol–water partition coefficient (Wildman–Crippen LogP) is 2.68. The van der Waals surface area contributed by atoms with Crippen molar-refractivity contribution < 1.29 is 17.9 Å². The number of methoxy groups -OCH3 is 1. The molecule has 1 amide bonds. The van der Waals surface area contributed by atoms with Gasteiger partial charge in [0.15, 0.2) is 0 Å². The van der Waals surface area contributed by atoms with Crippen molar-refractivity contribution in [3.8, 4) is 5.75 Å².